The van der Waals surface area contributed by atoms with E-state index < -0.39 is 0 Å². The van der Waals surface area contributed by atoms with Gasteiger partial charge in [-0.3, -0.25) is 4.79 Å². The lowest BCUT2D eigenvalue weighted by atomic mass is 10.2. The van der Waals surface area contributed by atoms with Crippen molar-refractivity contribution in [2.24, 2.45) is 0 Å². The molecule has 1 saturated heterocycles. The number of piperazine rings is 1. The van der Waals surface area contributed by atoms with Crippen molar-refractivity contribution < 1.29 is 14.3 Å². The number of hydrogen-bond acceptors (Lipinski definition) is 4. The molecule has 0 aromatic carbocycles. The molecule has 20 heavy (non-hydrogen) atoms. The molecule has 2 rings (SSSR count). The third kappa shape index (κ3) is 3.32. The zero-order valence-corrected chi connectivity index (χ0v) is 12.3. The summed E-state index contributed by atoms with van der Waals surface area (Å²) in [4.78, 5) is 30.6. The fraction of sp³-hybridized carbons (Fsp3) is 0.417. The Labute approximate surface area is 126 Å². The lowest BCUT2D eigenvalue weighted by molar-refractivity contribution is 0.0599. The van der Waals surface area contributed by atoms with Crippen molar-refractivity contribution in [3.63, 3.8) is 0 Å². The first-order valence-electron chi connectivity index (χ1n) is 5.96. The second-order valence-electron chi connectivity index (χ2n) is 4.25. The fourth-order valence-electron chi connectivity index (χ4n) is 1.99. The largest absolute Gasteiger partial charge is 0.453 e. The average Bonchev–Trinajstić information content (AvgIpc) is 2.45. The number of carbonyl (C=O) groups excluding carboxylic acids is 2. The summed E-state index contributed by atoms with van der Waals surface area (Å²) in [7, 11) is 1.33. The summed E-state index contributed by atoms with van der Waals surface area (Å²) in [5.41, 5.74) is 0.390. The zero-order valence-electron chi connectivity index (χ0n) is 10.8. The Bertz CT molecular complexity index is 510. The number of nitrogens with zero attached hydrogens (tertiary/aromatic N) is 3. The minimum Gasteiger partial charge on any atom is -0.453 e. The number of rotatable bonds is 1. The van der Waals surface area contributed by atoms with Gasteiger partial charge < -0.3 is 14.5 Å². The number of aromatic nitrogens is 1. The Kier molecular flexibility index (Phi) is 4.67. The van der Waals surface area contributed by atoms with E-state index >= 15 is 0 Å². The molecule has 0 spiro atoms. The number of ether oxygens (including phenoxy) is 1. The summed E-state index contributed by atoms with van der Waals surface area (Å²) in [6.45, 7) is 1.74. The molecule has 1 aliphatic heterocycles. The highest BCUT2D eigenvalue weighted by Crippen LogP contribution is 2.17. The molecule has 0 unspecified atom stereocenters. The summed E-state index contributed by atoms with van der Waals surface area (Å²) in [6, 6.07) is 2.95. The molecule has 0 aliphatic carbocycles. The highest BCUT2D eigenvalue weighted by Gasteiger charge is 2.25. The number of carbonyl (C=O) groups is 2. The summed E-state index contributed by atoms with van der Waals surface area (Å²) < 4.78 is 4.64. The van der Waals surface area contributed by atoms with Crippen LogP contribution in [0.25, 0.3) is 0 Å². The predicted octanol–water partition coefficient (Wildman–Crippen LogP) is 1.91. The first kappa shape index (κ1) is 14.9. The molecule has 6 nitrogen and oxygen atoms in total. The average molecular weight is 318 g/mol. The Morgan fingerprint density at radius 3 is 2.10 bits per heavy atom. The van der Waals surface area contributed by atoms with Crippen molar-refractivity contribution in [2.75, 3.05) is 33.3 Å². The first-order valence-corrected chi connectivity index (χ1v) is 6.72. The van der Waals surface area contributed by atoms with Gasteiger partial charge in [-0.05, 0) is 12.1 Å². The maximum absolute atomic E-state index is 12.3. The van der Waals surface area contributed by atoms with E-state index in [-0.39, 0.29) is 22.3 Å². The van der Waals surface area contributed by atoms with E-state index in [0.717, 1.165) is 0 Å². The molecule has 0 N–H and O–H groups in total. The van der Waals surface area contributed by atoms with Crippen LogP contribution in [0.4, 0.5) is 4.79 Å². The SMILES string of the molecule is COC(=O)N1CCN(C(=O)c2cc(Cl)nc(Cl)c2)CC1. The summed E-state index contributed by atoms with van der Waals surface area (Å²) in [5, 5.41) is 0.350. The quantitative estimate of drug-likeness (QED) is 0.742. The highest BCUT2D eigenvalue weighted by molar-refractivity contribution is 6.33. The van der Waals surface area contributed by atoms with Crippen molar-refractivity contribution in [3.8, 4) is 0 Å². The van der Waals surface area contributed by atoms with Gasteiger partial charge in [-0.15, -0.1) is 0 Å². The maximum atomic E-state index is 12.3. The molecular weight excluding hydrogens is 305 g/mol. The second kappa shape index (κ2) is 6.28. The van der Waals surface area contributed by atoms with Crippen molar-refractivity contribution in [3.05, 3.63) is 28.0 Å². The van der Waals surface area contributed by atoms with Gasteiger partial charge in [0.1, 0.15) is 10.3 Å². The van der Waals surface area contributed by atoms with Crippen molar-refractivity contribution in [1.29, 1.82) is 0 Å². The van der Waals surface area contributed by atoms with Crippen LogP contribution in [0.2, 0.25) is 10.3 Å². The molecule has 1 fully saturated rings. The first-order chi connectivity index (χ1) is 9.51. The van der Waals surface area contributed by atoms with E-state index in [2.05, 4.69) is 9.72 Å². The van der Waals surface area contributed by atoms with Crippen LogP contribution in [-0.2, 0) is 4.74 Å². The van der Waals surface area contributed by atoms with E-state index in [1.165, 1.54) is 19.2 Å². The lowest BCUT2D eigenvalue weighted by Crippen LogP contribution is -2.50. The number of methoxy groups -OCH3 is 1. The zero-order chi connectivity index (χ0) is 14.7. The fourth-order valence-corrected chi connectivity index (χ4v) is 2.45. The molecule has 0 radical (unpaired) electrons. The highest BCUT2D eigenvalue weighted by atomic mass is 35.5. The molecule has 0 bridgehead atoms. The van der Waals surface area contributed by atoms with Gasteiger partial charge in [0.2, 0.25) is 0 Å². The Balaban J connectivity index is 2.03. The van der Waals surface area contributed by atoms with Gasteiger partial charge in [0, 0.05) is 31.7 Å². The minimum atomic E-state index is -0.382. The summed E-state index contributed by atoms with van der Waals surface area (Å²) in [5.74, 6) is -0.180. The topological polar surface area (TPSA) is 62.7 Å². The van der Waals surface area contributed by atoms with Crippen LogP contribution in [-0.4, -0.2) is 60.1 Å². The smallest absolute Gasteiger partial charge is 0.409 e. The molecule has 1 aliphatic rings. The van der Waals surface area contributed by atoms with E-state index in [9.17, 15) is 9.59 Å². The van der Waals surface area contributed by atoms with Crippen LogP contribution in [0.1, 0.15) is 10.4 Å². The molecule has 2 amide bonds. The number of hydrogen-bond donors (Lipinski definition) is 0. The lowest BCUT2D eigenvalue weighted by Gasteiger charge is -2.33. The molecule has 108 valence electrons. The number of halogens is 2. The van der Waals surface area contributed by atoms with Crippen molar-refractivity contribution >= 4 is 35.2 Å². The third-order valence-electron chi connectivity index (χ3n) is 3.01. The number of amides is 2. The molecule has 0 atom stereocenters. The molecule has 0 saturated carbocycles. The predicted molar refractivity (Wildman–Crippen MR) is 74.1 cm³/mol. The van der Waals surface area contributed by atoms with Gasteiger partial charge in [-0.2, -0.15) is 0 Å². The number of pyridine rings is 1. The summed E-state index contributed by atoms with van der Waals surface area (Å²) in [6.07, 6.45) is -0.382. The van der Waals surface area contributed by atoms with Crippen LogP contribution >= 0.6 is 23.2 Å². The van der Waals surface area contributed by atoms with Crippen LogP contribution in [0.3, 0.4) is 0 Å². The van der Waals surface area contributed by atoms with E-state index in [1.807, 2.05) is 0 Å². The van der Waals surface area contributed by atoms with Gasteiger partial charge in [0.25, 0.3) is 5.91 Å². The maximum Gasteiger partial charge on any atom is 0.409 e. The Morgan fingerprint density at radius 1 is 1.10 bits per heavy atom. The van der Waals surface area contributed by atoms with Crippen LogP contribution < -0.4 is 0 Å². The van der Waals surface area contributed by atoms with Gasteiger partial charge in [-0.25, -0.2) is 9.78 Å². The molecule has 8 heteroatoms. The molecule has 1 aromatic heterocycles. The molecular formula is C12H13Cl2N3O3. The van der Waals surface area contributed by atoms with Crippen molar-refractivity contribution in [1.82, 2.24) is 14.8 Å². The molecule has 1 aromatic rings. The minimum absolute atomic E-state index is 0.175. The van der Waals surface area contributed by atoms with Gasteiger partial charge in [0.05, 0.1) is 7.11 Å². The van der Waals surface area contributed by atoms with E-state index in [1.54, 1.807) is 9.80 Å². The van der Waals surface area contributed by atoms with Crippen LogP contribution in [0.5, 0.6) is 0 Å². The van der Waals surface area contributed by atoms with Crippen LogP contribution in [0.15, 0.2) is 12.1 Å². The van der Waals surface area contributed by atoms with E-state index in [4.69, 9.17) is 23.2 Å². The van der Waals surface area contributed by atoms with Crippen molar-refractivity contribution in [2.45, 2.75) is 0 Å². The second-order valence-corrected chi connectivity index (χ2v) is 5.03. The Hall–Kier alpha value is -1.53. The standard InChI is InChI=1S/C12H13Cl2N3O3/c1-20-12(19)17-4-2-16(3-5-17)11(18)8-6-9(13)15-10(14)7-8/h6-7H,2-5H2,1H3. The van der Waals surface area contributed by atoms with E-state index in [0.29, 0.717) is 31.7 Å². The normalized spacial score (nSPS) is 15.2. The van der Waals surface area contributed by atoms with Gasteiger partial charge in [-0.1, -0.05) is 23.2 Å². The summed E-state index contributed by atoms with van der Waals surface area (Å²) >= 11 is 11.6. The third-order valence-corrected chi connectivity index (χ3v) is 3.40. The van der Waals surface area contributed by atoms with Gasteiger partial charge in [0.15, 0.2) is 0 Å². The molecule has 2 heterocycles. The monoisotopic (exact) mass is 317 g/mol. The van der Waals surface area contributed by atoms with Crippen LogP contribution in [0, 0.1) is 0 Å². The van der Waals surface area contributed by atoms with Gasteiger partial charge >= 0.3 is 6.09 Å². The Morgan fingerprint density at radius 2 is 1.60 bits per heavy atom.